The third-order valence-corrected chi connectivity index (χ3v) is 19.6. The maximum Gasteiger partial charge on any atom is 0.187 e. The maximum atomic E-state index is 12.2. The maximum absolute atomic E-state index is 12.2. The van der Waals surface area contributed by atoms with Crippen LogP contribution in [0.2, 0.25) is 0 Å². The Morgan fingerprint density at radius 1 is 0.636 bits per heavy atom. The Labute approximate surface area is 389 Å². The van der Waals surface area contributed by atoms with Gasteiger partial charge in [-0.05, 0) is 104 Å². The number of hydrogen-bond acceptors (Lipinski definition) is 17. The summed E-state index contributed by atoms with van der Waals surface area (Å²) in [6.45, 7) is 18.5. The molecule has 66 heavy (non-hydrogen) atoms. The molecule has 7 fully saturated rings. The molecule has 0 aromatic heterocycles. The summed E-state index contributed by atoms with van der Waals surface area (Å²) in [4.78, 5) is 0. The molecule has 17 heteroatoms. The number of rotatable bonds is 9. The van der Waals surface area contributed by atoms with Gasteiger partial charge in [-0.2, -0.15) is 0 Å². The zero-order chi connectivity index (χ0) is 48.4. The second-order valence-electron chi connectivity index (χ2n) is 23.9. The molecule has 0 radical (unpaired) electrons. The van der Waals surface area contributed by atoms with Gasteiger partial charge in [0.15, 0.2) is 18.9 Å². The summed E-state index contributed by atoms with van der Waals surface area (Å²) in [6.07, 6.45) is -15.1. The molecule has 3 heterocycles. The van der Waals surface area contributed by atoms with Crippen molar-refractivity contribution >= 4 is 0 Å². The van der Waals surface area contributed by atoms with E-state index in [1.54, 1.807) is 14.0 Å². The molecule has 10 N–H and O–H groups in total. The molecule has 0 amide bonds. The highest BCUT2D eigenvalue weighted by Crippen LogP contribution is 2.76. The van der Waals surface area contributed by atoms with Crippen LogP contribution in [0.3, 0.4) is 0 Å². The topological polar surface area (TPSA) is 267 Å². The Kier molecular flexibility index (Phi) is 14.0. The van der Waals surface area contributed by atoms with Crippen LogP contribution in [0, 0.1) is 50.2 Å². The second-order valence-corrected chi connectivity index (χ2v) is 23.9. The van der Waals surface area contributed by atoms with E-state index in [0.29, 0.717) is 12.8 Å². The molecule has 3 saturated heterocycles. The van der Waals surface area contributed by atoms with Crippen molar-refractivity contribution in [1.82, 2.24) is 0 Å². The van der Waals surface area contributed by atoms with Crippen LogP contribution >= 0.6 is 0 Å². The van der Waals surface area contributed by atoms with Gasteiger partial charge in [-0.3, -0.25) is 0 Å². The molecular formula is C49H82O17. The minimum absolute atomic E-state index is 0.0324. The fraction of sp³-hybridized carbons (Fsp3) is 0.959. The van der Waals surface area contributed by atoms with Crippen molar-refractivity contribution in [2.75, 3.05) is 20.3 Å². The summed E-state index contributed by atoms with van der Waals surface area (Å²) in [5.74, 6) is 0.227. The van der Waals surface area contributed by atoms with E-state index in [9.17, 15) is 51.1 Å². The van der Waals surface area contributed by atoms with Crippen LogP contribution in [0.5, 0.6) is 0 Å². The molecule has 0 spiro atoms. The fourth-order valence-corrected chi connectivity index (χ4v) is 15.4. The van der Waals surface area contributed by atoms with Crippen molar-refractivity contribution in [3.05, 3.63) is 11.6 Å². The first-order valence-corrected chi connectivity index (χ1v) is 24.6. The average molecular weight is 943 g/mol. The van der Waals surface area contributed by atoms with Gasteiger partial charge in [0.1, 0.15) is 61.0 Å². The van der Waals surface area contributed by atoms with E-state index in [0.717, 1.165) is 38.5 Å². The van der Waals surface area contributed by atoms with Gasteiger partial charge >= 0.3 is 0 Å². The fourth-order valence-electron chi connectivity index (χ4n) is 15.4. The van der Waals surface area contributed by atoms with Gasteiger partial charge in [-0.15, -0.1) is 0 Å². The van der Waals surface area contributed by atoms with Crippen LogP contribution < -0.4 is 0 Å². The summed E-state index contributed by atoms with van der Waals surface area (Å²) in [5, 5.41) is 110. The van der Waals surface area contributed by atoms with Crippen molar-refractivity contribution in [3.63, 3.8) is 0 Å². The lowest BCUT2D eigenvalue weighted by Crippen LogP contribution is -2.70. The zero-order valence-corrected chi connectivity index (χ0v) is 40.6. The highest BCUT2D eigenvalue weighted by atomic mass is 16.8. The zero-order valence-electron chi connectivity index (χ0n) is 40.6. The summed E-state index contributed by atoms with van der Waals surface area (Å²) < 4.78 is 43.7. The van der Waals surface area contributed by atoms with Crippen LogP contribution in [-0.4, -0.2) is 182 Å². The number of hydrogen-bond donors (Lipinski definition) is 10. The number of methoxy groups -OCH3 is 1. The van der Waals surface area contributed by atoms with Crippen LogP contribution in [0.25, 0.3) is 0 Å². The highest BCUT2D eigenvalue weighted by Gasteiger charge is 2.72. The molecule has 17 nitrogen and oxygen atoms in total. The molecule has 5 aliphatic carbocycles. The van der Waals surface area contributed by atoms with Crippen molar-refractivity contribution in [2.45, 2.75) is 224 Å². The SMILES string of the molecule is CO[C@@H]1C=C2[C@@H]3CC(C)(C)CC[C@]3(CO)[C@H](O)C[C@@]2(C)[C@]2(C)CC[C@H]3C(C)(C)[C@@H](O[C@@H]4O[C@H](C)[C@H](O)[C@H](O)[C@H]4O[C@@H]4O[C@H](CO)[C@@H](O)[C@H](O)[C@H]4O[C@@H]4O[C@@H](C)[C@H](O)[C@@H](O)[C@H]4O)CC[C@]3(C)[C@@H]12. The normalized spacial score (nSPS) is 55.7. The summed E-state index contributed by atoms with van der Waals surface area (Å²) in [6, 6.07) is 0. The molecule has 8 rings (SSSR count). The number of fused-ring (bicyclic) bond motifs is 7. The van der Waals surface area contributed by atoms with Gasteiger partial charge in [-0.25, -0.2) is 0 Å². The van der Waals surface area contributed by atoms with E-state index in [1.807, 2.05) is 0 Å². The van der Waals surface area contributed by atoms with Crippen LogP contribution in [0.15, 0.2) is 11.6 Å². The molecule has 0 aromatic carbocycles. The Balaban J connectivity index is 1.07. The van der Waals surface area contributed by atoms with E-state index in [1.165, 1.54) is 12.5 Å². The van der Waals surface area contributed by atoms with Gasteiger partial charge < -0.3 is 84.2 Å². The molecule has 25 atom stereocenters. The molecule has 380 valence electrons. The van der Waals surface area contributed by atoms with E-state index >= 15 is 0 Å². The van der Waals surface area contributed by atoms with Crippen molar-refractivity contribution in [3.8, 4) is 0 Å². The van der Waals surface area contributed by atoms with E-state index in [2.05, 4.69) is 54.5 Å². The number of aliphatic hydroxyl groups excluding tert-OH is 10. The van der Waals surface area contributed by atoms with Gasteiger partial charge in [0.2, 0.25) is 0 Å². The van der Waals surface area contributed by atoms with E-state index in [-0.39, 0.29) is 52.1 Å². The van der Waals surface area contributed by atoms with Gasteiger partial charge in [0.05, 0.1) is 43.7 Å². The lowest BCUT2D eigenvalue weighted by molar-refractivity contribution is -0.396. The molecule has 4 saturated carbocycles. The smallest absolute Gasteiger partial charge is 0.187 e. The van der Waals surface area contributed by atoms with Crippen LogP contribution in [-0.2, 0) is 33.2 Å². The van der Waals surface area contributed by atoms with Crippen LogP contribution in [0.4, 0.5) is 0 Å². The molecule has 8 aliphatic rings. The number of allylic oxidation sites excluding steroid dienone is 1. The number of ether oxygens (including phenoxy) is 7. The quantitative estimate of drug-likeness (QED) is 0.115. The summed E-state index contributed by atoms with van der Waals surface area (Å²) in [7, 11) is 1.80. The van der Waals surface area contributed by atoms with E-state index in [4.69, 9.17) is 33.2 Å². The van der Waals surface area contributed by atoms with Gasteiger partial charge in [0, 0.05) is 18.4 Å². The highest BCUT2D eigenvalue weighted by molar-refractivity contribution is 5.37. The van der Waals surface area contributed by atoms with Gasteiger partial charge in [0.25, 0.3) is 0 Å². The predicted octanol–water partition coefficient (Wildman–Crippen LogP) is 1.26. The largest absolute Gasteiger partial charge is 0.396 e. The van der Waals surface area contributed by atoms with Crippen LogP contribution in [0.1, 0.15) is 114 Å². The summed E-state index contributed by atoms with van der Waals surface area (Å²) >= 11 is 0. The van der Waals surface area contributed by atoms with Gasteiger partial charge in [-0.1, -0.05) is 60.1 Å². The molecular weight excluding hydrogens is 861 g/mol. The Morgan fingerprint density at radius 3 is 1.85 bits per heavy atom. The monoisotopic (exact) mass is 943 g/mol. The Bertz CT molecular complexity index is 1760. The summed E-state index contributed by atoms with van der Waals surface area (Å²) in [5.41, 5.74) is -0.515. The lowest BCUT2D eigenvalue weighted by atomic mass is 9.33. The second kappa shape index (κ2) is 18.0. The third kappa shape index (κ3) is 7.84. The van der Waals surface area contributed by atoms with Crippen molar-refractivity contribution in [2.24, 2.45) is 50.2 Å². The molecule has 0 unspecified atom stereocenters. The lowest BCUT2D eigenvalue weighted by Gasteiger charge is -2.73. The third-order valence-electron chi connectivity index (χ3n) is 19.6. The Morgan fingerprint density at radius 2 is 1.23 bits per heavy atom. The first-order chi connectivity index (χ1) is 30.8. The number of aliphatic hydroxyl groups is 10. The van der Waals surface area contributed by atoms with E-state index < -0.39 is 122 Å². The minimum atomic E-state index is -1.81. The Hall–Kier alpha value is -0.940. The first-order valence-electron chi connectivity index (χ1n) is 24.6. The van der Waals surface area contributed by atoms with Crippen molar-refractivity contribution in [1.29, 1.82) is 0 Å². The minimum Gasteiger partial charge on any atom is -0.396 e. The standard InChI is InChI=1S/C49H82O17/c1-22-31(53)34(56)37(59)41(61-22)65-39-36(58)33(55)27(20-50)63-43(39)66-38-35(57)32(54)23(2)62-42(38)64-30-12-13-46(7)28(45(30,5)6)11-14-47(8)40(46)26(60-10)17-24-25-18-44(3,4)15-16-49(25,21-51)29(52)19-48(24,47)9/h17,22-23,25-43,50-59H,11-16,18-21H2,1-10H3/t22-,23+,25-,26+,27+,28-,29+,30-,31-,32-,33+,34+,35-,36-,37+,38+,39+,40+,41-,42-,43-,46-,47+,48+,49+/m0/s1. The first kappa shape index (κ1) is 51.4. The predicted molar refractivity (Wildman–Crippen MR) is 235 cm³/mol. The van der Waals surface area contributed by atoms with Crippen molar-refractivity contribution < 1.29 is 84.2 Å². The molecule has 3 aliphatic heterocycles. The average Bonchev–Trinajstić information content (AvgIpc) is 3.25. The molecule has 0 aromatic rings. The molecule has 0 bridgehead atoms.